The van der Waals surface area contributed by atoms with Crippen LogP contribution in [0.15, 0.2) is 224 Å². The number of rotatable bonds is 10. The summed E-state index contributed by atoms with van der Waals surface area (Å²) in [6, 6.07) is 74.8. The largest absolute Gasteiger partial charge is 0.534 e. The Morgan fingerprint density at radius 1 is 0.391 bits per heavy atom. The predicted octanol–water partition coefficient (Wildman–Crippen LogP) is 15.1. The molecule has 0 N–H and O–H groups in total. The summed E-state index contributed by atoms with van der Waals surface area (Å²) in [6.07, 6.45) is 0. The Morgan fingerprint density at radius 3 is 1.23 bits per heavy atom. The van der Waals surface area contributed by atoms with Crippen LogP contribution in [0.2, 0.25) is 0 Å². The van der Waals surface area contributed by atoms with Gasteiger partial charge in [0.15, 0.2) is 0 Å². The third-order valence-corrected chi connectivity index (χ3v) is 12.4. The van der Waals surface area contributed by atoms with Crippen LogP contribution in [0, 0.1) is 0 Å². The number of alkyl halides is 3. The van der Waals surface area contributed by atoms with Crippen LogP contribution in [0.5, 0.6) is 5.75 Å². The van der Waals surface area contributed by atoms with Crippen LogP contribution in [0.25, 0.3) is 72.0 Å². The molecule has 0 unspecified atom stereocenters. The smallest absolute Gasteiger partial charge is 0.376 e. The highest BCUT2D eigenvalue weighted by Crippen LogP contribution is 2.39. The SMILES string of the molecule is O=S(=O)(Oc1ccc(-n2c3ccccc3c3cc(-c4ccc(-c5ccc(N(c6ccc(-c7ccccc7)cc6)c6ccc(-c7ccccc7)cc6)cc5)cc4)ccc32)cc1)C(F)(F)F. The first kappa shape index (κ1) is 40.2. The van der Waals surface area contributed by atoms with Crippen molar-refractivity contribution in [1.82, 2.24) is 4.57 Å². The lowest BCUT2D eigenvalue weighted by molar-refractivity contribution is -0.0500. The van der Waals surface area contributed by atoms with Gasteiger partial charge in [-0.25, -0.2) is 0 Å². The van der Waals surface area contributed by atoms with Crippen molar-refractivity contribution < 1.29 is 25.8 Å². The molecule has 0 aliphatic heterocycles. The fraction of sp³-hybridized carbons (Fsp3) is 0.0182. The Kier molecular flexibility index (Phi) is 10.3. The van der Waals surface area contributed by atoms with E-state index in [9.17, 15) is 21.6 Å². The molecule has 0 aliphatic rings. The Morgan fingerprint density at radius 2 is 0.766 bits per heavy atom. The molecule has 64 heavy (non-hydrogen) atoms. The van der Waals surface area contributed by atoms with Crippen LogP contribution in [-0.2, 0) is 10.1 Å². The van der Waals surface area contributed by atoms with Crippen LogP contribution in [0.4, 0.5) is 30.2 Å². The molecule has 0 aliphatic carbocycles. The van der Waals surface area contributed by atoms with Crippen molar-refractivity contribution in [3.63, 3.8) is 0 Å². The number of hydrogen-bond acceptors (Lipinski definition) is 4. The lowest BCUT2D eigenvalue weighted by atomic mass is 9.98. The van der Waals surface area contributed by atoms with Gasteiger partial charge < -0.3 is 13.7 Å². The minimum absolute atomic E-state index is 0.430. The Labute approximate surface area is 368 Å². The Hall–Kier alpha value is -7.88. The summed E-state index contributed by atoms with van der Waals surface area (Å²) in [7, 11) is -5.79. The molecule has 1 aromatic heterocycles. The van der Waals surface area contributed by atoms with E-state index in [1.54, 1.807) is 0 Å². The summed E-state index contributed by atoms with van der Waals surface area (Å²) >= 11 is 0. The maximum Gasteiger partial charge on any atom is 0.534 e. The molecule has 9 aromatic carbocycles. The third-order valence-electron chi connectivity index (χ3n) is 11.4. The van der Waals surface area contributed by atoms with Crippen LogP contribution < -0.4 is 9.08 Å². The van der Waals surface area contributed by atoms with E-state index in [2.05, 4.69) is 161 Å². The van der Waals surface area contributed by atoms with Gasteiger partial charge in [0.25, 0.3) is 0 Å². The Bertz CT molecular complexity index is 3270. The summed E-state index contributed by atoms with van der Waals surface area (Å²) in [4.78, 5) is 2.28. The van der Waals surface area contributed by atoms with Crippen molar-refractivity contribution in [2.24, 2.45) is 0 Å². The second-order valence-corrected chi connectivity index (χ2v) is 16.9. The van der Waals surface area contributed by atoms with Gasteiger partial charge in [0, 0.05) is 33.5 Å². The maximum atomic E-state index is 12.9. The van der Waals surface area contributed by atoms with E-state index < -0.39 is 21.4 Å². The number of nitrogens with zero attached hydrogens (tertiary/aromatic N) is 2. The number of anilines is 3. The van der Waals surface area contributed by atoms with E-state index >= 15 is 0 Å². The topological polar surface area (TPSA) is 51.5 Å². The summed E-state index contributed by atoms with van der Waals surface area (Å²) in [5.74, 6) is -0.430. The van der Waals surface area contributed by atoms with Crippen molar-refractivity contribution in [2.45, 2.75) is 5.51 Å². The molecule has 0 atom stereocenters. The number of fused-ring (bicyclic) bond motifs is 3. The van der Waals surface area contributed by atoms with Crippen molar-refractivity contribution in [3.05, 3.63) is 224 Å². The quantitative estimate of drug-likeness (QED) is 0.102. The second-order valence-electron chi connectivity index (χ2n) is 15.3. The third kappa shape index (κ3) is 7.78. The van der Waals surface area contributed by atoms with Gasteiger partial charge in [-0.15, -0.1) is 0 Å². The van der Waals surface area contributed by atoms with E-state index in [0.29, 0.717) is 5.69 Å². The number of para-hydroxylation sites is 1. The molecule has 0 amide bonds. The molecule has 1 heterocycles. The van der Waals surface area contributed by atoms with Gasteiger partial charge in [-0.2, -0.15) is 21.6 Å². The number of halogens is 3. The summed E-state index contributed by atoms with van der Waals surface area (Å²) in [6.45, 7) is 0. The zero-order chi connectivity index (χ0) is 43.8. The lowest BCUT2D eigenvalue weighted by Crippen LogP contribution is -2.28. The number of hydrogen-bond donors (Lipinski definition) is 0. The minimum Gasteiger partial charge on any atom is -0.376 e. The summed E-state index contributed by atoms with van der Waals surface area (Å²) in [5, 5.41) is 1.98. The first-order valence-electron chi connectivity index (χ1n) is 20.6. The normalized spacial score (nSPS) is 11.8. The monoisotopic (exact) mass is 862 g/mol. The zero-order valence-corrected chi connectivity index (χ0v) is 34.8. The average Bonchev–Trinajstić information content (AvgIpc) is 3.66. The minimum atomic E-state index is -5.79. The lowest BCUT2D eigenvalue weighted by Gasteiger charge is -2.26. The summed E-state index contributed by atoms with van der Waals surface area (Å²) in [5.41, 5.74) is 8.88. The molecule has 5 nitrogen and oxygen atoms in total. The average molecular weight is 863 g/mol. The van der Waals surface area contributed by atoms with Crippen LogP contribution in [0.1, 0.15) is 0 Å². The molecule has 0 fully saturated rings. The maximum absolute atomic E-state index is 12.9. The molecule has 312 valence electrons. The zero-order valence-electron chi connectivity index (χ0n) is 34.0. The highest BCUT2D eigenvalue weighted by molar-refractivity contribution is 7.88. The first-order chi connectivity index (χ1) is 31.1. The van der Waals surface area contributed by atoms with Gasteiger partial charge in [-0.05, 0) is 123 Å². The molecule has 9 heteroatoms. The molecule has 0 bridgehead atoms. The van der Waals surface area contributed by atoms with Crippen molar-refractivity contribution in [2.75, 3.05) is 4.90 Å². The number of benzene rings is 9. The second kappa shape index (κ2) is 16.4. The van der Waals surface area contributed by atoms with Gasteiger partial charge in [-0.1, -0.05) is 146 Å². The van der Waals surface area contributed by atoms with Crippen LogP contribution in [-0.4, -0.2) is 18.5 Å². The molecule has 10 rings (SSSR count). The van der Waals surface area contributed by atoms with E-state index in [0.717, 1.165) is 72.2 Å². The molecule has 10 aromatic rings. The molecule has 0 spiro atoms. The predicted molar refractivity (Wildman–Crippen MR) is 253 cm³/mol. The highest BCUT2D eigenvalue weighted by atomic mass is 32.2. The molecule has 0 saturated heterocycles. The molecular weight excluding hydrogens is 826 g/mol. The van der Waals surface area contributed by atoms with Gasteiger partial charge in [0.05, 0.1) is 11.0 Å². The number of aromatic nitrogens is 1. The van der Waals surface area contributed by atoms with Gasteiger partial charge in [-0.3, -0.25) is 0 Å². The van der Waals surface area contributed by atoms with Crippen molar-refractivity contribution >= 4 is 49.0 Å². The molecular formula is C55H37F3N2O3S. The fourth-order valence-electron chi connectivity index (χ4n) is 8.23. The van der Waals surface area contributed by atoms with Crippen molar-refractivity contribution in [1.29, 1.82) is 0 Å². The van der Waals surface area contributed by atoms with Gasteiger partial charge in [0.2, 0.25) is 0 Å². The van der Waals surface area contributed by atoms with Crippen molar-refractivity contribution in [3.8, 4) is 55.9 Å². The first-order valence-corrected chi connectivity index (χ1v) is 22.0. The highest BCUT2D eigenvalue weighted by Gasteiger charge is 2.48. The van der Waals surface area contributed by atoms with Crippen LogP contribution >= 0.6 is 0 Å². The van der Waals surface area contributed by atoms with Gasteiger partial charge >= 0.3 is 15.6 Å². The van der Waals surface area contributed by atoms with E-state index in [-0.39, 0.29) is 0 Å². The summed E-state index contributed by atoms with van der Waals surface area (Å²) < 4.78 is 68.3. The van der Waals surface area contributed by atoms with E-state index in [1.807, 2.05) is 53.1 Å². The molecule has 0 radical (unpaired) electrons. The molecule has 0 saturated carbocycles. The Balaban J connectivity index is 0.930. The van der Waals surface area contributed by atoms with E-state index in [4.69, 9.17) is 0 Å². The van der Waals surface area contributed by atoms with E-state index in [1.165, 1.54) is 35.4 Å². The van der Waals surface area contributed by atoms with Crippen LogP contribution in [0.3, 0.4) is 0 Å². The standard InChI is InChI=1S/C55H37F3N2O3S/c56-55(57,58)64(61,62)63-50-34-32-49(33-35-50)60-53-14-8-7-13-51(53)52-37-45(25-36-54(52)60)44-17-15-40(16-18-44)43-23-30-48(31-24-43)59(46-26-19-41(20-27-46)38-9-3-1-4-10-38)47-28-21-42(22-29-47)39-11-5-2-6-12-39/h1-37H. The van der Waals surface area contributed by atoms with Gasteiger partial charge in [0.1, 0.15) is 5.75 Å². The fourth-order valence-corrected chi connectivity index (χ4v) is 8.69.